The van der Waals surface area contributed by atoms with Crippen LogP contribution in [0, 0.1) is 13.8 Å². The first-order valence-electron chi connectivity index (χ1n) is 6.53. The van der Waals surface area contributed by atoms with Gasteiger partial charge in [-0.3, -0.25) is 9.71 Å². The van der Waals surface area contributed by atoms with Crippen molar-refractivity contribution < 1.29 is 8.42 Å². The van der Waals surface area contributed by atoms with E-state index in [4.69, 9.17) is 0 Å². The quantitative estimate of drug-likeness (QED) is 0.750. The van der Waals surface area contributed by atoms with E-state index in [2.05, 4.69) is 15.0 Å². The van der Waals surface area contributed by atoms with Crippen LogP contribution >= 0.6 is 0 Å². The zero-order chi connectivity index (χ0) is 14.5. The molecular weight excluding hydrogens is 262 g/mol. The molecule has 1 aromatic heterocycles. The smallest absolute Gasteiger partial charge is 0.236 e. The molecule has 0 radical (unpaired) electrons. The number of anilines is 1. The highest BCUT2D eigenvalue weighted by atomic mass is 32.2. The molecule has 0 saturated carbocycles. The Kier molecular flexibility index (Phi) is 5.75. The van der Waals surface area contributed by atoms with Gasteiger partial charge in [-0.2, -0.15) is 0 Å². The summed E-state index contributed by atoms with van der Waals surface area (Å²) in [6.07, 6.45) is 0.987. The Balaban J connectivity index is 2.73. The fraction of sp³-hybridized carbons (Fsp3) is 0.615. The summed E-state index contributed by atoms with van der Waals surface area (Å²) in [7, 11) is -3.38. The molecule has 0 aliphatic heterocycles. The average molecular weight is 285 g/mol. The first-order chi connectivity index (χ1) is 8.86. The van der Waals surface area contributed by atoms with Crippen molar-refractivity contribution in [2.75, 3.05) is 17.8 Å². The molecule has 0 aliphatic rings. The van der Waals surface area contributed by atoms with Crippen LogP contribution in [0.25, 0.3) is 0 Å². The molecule has 108 valence electrons. The van der Waals surface area contributed by atoms with E-state index in [1.807, 2.05) is 13.8 Å². The topological polar surface area (TPSA) is 71.1 Å². The van der Waals surface area contributed by atoms with Gasteiger partial charge in [-0.1, -0.05) is 6.92 Å². The lowest BCUT2D eigenvalue weighted by atomic mass is 10.3. The van der Waals surface area contributed by atoms with Crippen molar-refractivity contribution in [3.05, 3.63) is 23.5 Å². The third kappa shape index (κ3) is 4.80. The summed E-state index contributed by atoms with van der Waals surface area (Å²) in [5.74, 6) is 0. The number of aryl methyl sites for hydroxylation is 2. The standard InChI is InChI=1S/C13H23N3O2S/c1-5-8-14-9-11(3)19(17,18)16-13-7-6-10(2)15-12(13)4/h6-7,11,14,16H,5,8-9H2,1-4H3. The molecule has 2 N–H and O–H groups in total. The summed E-state index contributed by atoms with van der Waals surface area (Å²) in [4.78, 5) is 4.25. The van der Waals surface area contributed by atoms with Gasteiger partial charge in [-0.05, 0) is 45.9 Å². The van der Waals surface area contributed by atoms with E-state index >= 15 is 0 Å². The highest BCUT2D eigenvalue weighted by Crippen LogP contribution is 2.16. The normalized spacial score (nSPS) is 13.3. The lowest BCUT2D eigenvalue weighted by Crippen LogP contribution is -2.35. The molecule has 0 aromatic carbocycles. The van der Waals surface area contributed by atoms with Crippen molar-refractivity contribution >= 4 is 15.7 Å². The van der Waals surface area contributed by atoms with E-state index in [0.717, 1.165) is 18.7 Å². The molecule has 0 amide bonds. The van der Waals surface area contributed by atoms with Gasteiger partial charge in [-0.15, -0.1) is 0 Å². The van der Waals surface area contributed by atoms with Gasteiger partial charge in [0.15, 0.2) is 0 Å². The monoisotopic (exact) mass is 285 g/mol. The summed E-state index contributed by atoms with van der Waals surface area (Å²) in [6, 6.07) is 3.55. The van der Waals surface area contributed by atoms with Gasteiger partial charge in [0.1, 0.15) is 0 Å². The second kappa shape index (κ2) is 6.86. The molecule has 1 unspecified atom stereocenters. The van der Waals surface area contributed by atoms with E-state index in [-0.39, 0.29) is 0 Å². The summed E-state index contributed by atoms with van der Waals surface area (Å²) in [5.41, 5.74) is 2.11. The van der Waals surface area contributed by atoms with Crippen LogP contribution in [-0.2, 0) is 10.0 Å². The predicted octanol–water partition coefficient (Wildman–Crippen LogP) is 1.83. The van der Waals surface area contributed by atoms with Gasteiger partial charge >= 0.3 is 0 Å². The summed E-state index contributed by atoms with van der Waals surface area (Å²) < 4.78 is 26.9. The lowest BCUT2D eigenvalue weighted by Gasteiger charge is -2.16. The minimum atomic E-state index is -3.38. The molecule has 0 spiro atoms. The number of aromatic nitrogens is 1. The maximum atomic E-state index is 12.2. The third-order valence-electron chi connectivity index (χ3n) is 2.87. The molecule has 1 heterocycles. The molecule has 0 bridgehead atoms. The Morgan fingerprint density at radius 2 is 2.00 bits per heavy atom. The predicted molar refractivity (Wildman–Crippen MR) is 78.9 cm³/mol. The Morgan fingerprint density at radius 3 is 2.58 bits per heavy atom. The minimum absolute atomic E-state index is 0.446. The van der Waals surface area contributed by atoms with Gasteiger partial charge in [0.2, 0.25) is 10.0 Å². The number of rotatable bonds is 7. The van der Waals surface area contributed by atoms with Crippen LogP contribution in [0.5, 0.6) is 0 Å². The van der Waals surface area contributed by atoms with Crippen molar-refractivity contribution in [3.63, 3.8) is 0 Å². The highest BCUT2D eigenvalue weighted by Gasteiger charge is 2.21. The molecular formula is C13H23N3O2S. The minimum Gasteiger partial charge on any atom is -0.315 e. The zero-order valence-electron chi connectivity index (χ0n) is 12.0. The number of hydrogen-bond acceptors (Lipinski definition) is 4. The Hall–Kier alpha value is -1.14. The number of sulfonamides is 1. The number of pyridine rings is 1. The molecule has 0 aliphatic carbocycles. The summed E-state index contributed by atoms with van der Waals surface area (Å²) >= 11 is 0. The van der Waals surface area contributed by atoms with Gasteiger partial charge in [0, 0.05) is 12.2 Å². The van der Waals surface area contributed by atoms with Crippen LogP contribution in [0.4, 0.5) is 5.69 Å². The lowest BCUT2D eigenvalue weighted by molar-refractivity contribution is 0.575. The SMILES string of the molecule is CCCNCC(C)S(=O)(=O)Nc1ccc(C)nc1C. The number of nitrogens with one attached hydrogen (secondary N) is 2. The Labute approximate surface area is 115 Å². The van der Waals surface area contributed by atoms with E-state index in [1.165, 1.54) is 0 Å². The number of hydrogen-bond donors (Lipinski definition) is 2. The Morgan fingerprint density at radius 1 is 1.32 bits per heavy atom. The van der Waals surface area contributed by atoms with Gasteiger partial charge in [-0.25, -0.2) is 8.42 Å². The van der Waals surface area contributed by atoms with E-state index in [1.54, 1.807) is 26.0 Å². The fourth-order valence-corrected chi connectivity index (χ4v) is 2.70. The van der Waals surface area contributed by atoms with Crippen molar-refractivity contribution in [3.8, 4) is 0 Å². The van der Waals surface area contributed by atoms with Crippen LogP contribution < -0.4 is 10.0 Å². The molecule has 5 nitrogen and oxygen atoms in total. The molecule has 1 aromatic rings. The Bertz CT molecular complexity index is 515. The maximum absolute atomic E-state index is 12.2. The van der Waals surface area contributed by atoms with E-state index < -0.39 is 15.3 Å². The van der Waals surface area contributed by atoms with Gasteiger partial charge < -0.3 is 5.32 Å². The zero-order valence-corrected chi connectivity index (χ0v) is 12.8. The molecule has 19 heavy (non-hydrogen) atoms. The van der Waals surface area contributed by atoms with Crippen molar-refractivity contribution in [2.24, 2.45) is 0 Å². The van der Waals surface area contributed by atoms with Crippen LogP contribution in [0.1, 0.15) is 31.7 Å². The molecule has 6 heteroatoms. The average Bonchev–Trinajstić information content (AvgIpc) is 2.33. The maximum Gasteiger partial charge on any atom is 0.236 e. The van der Waals surface area contributed by atoms with Crippen LogP contribution in [0.15, 0.2) is 12.1 Å². The van der Waals surface area contributed by atoms with Crippen LogP contribution in [0.3, 0.4) is 0 Å². The molecule has 0 saturated heterocycles. The molecule has 0 fully saturated rings. The highest BCUT2D eigenvalue weighted by molar-refractivity contribution is 7.93. The van der Waals surface area contributed by atoms with Gasteiger partial charge in [0.25, 0.3) is 0 Å². The van der Waals surface area contributed by atoms with Crippen molar-refractivity contribution in [1.29, 1.82) is 0 Å². The van der Waals surface area contributed by atoms with E-state index in [0.29, 0.717) is 17.9 Å². The van der Waals surface area contributed by atoms with Crippen LogP contribution in [0.2, 0.25) is 0 Å². The molecule has 1 atom stereocenters. The fourth-order valence-electron chi connectivity index (χ4n) is 1.64. The van der Waals surface area contributed by atoms with Crippen LogP contribution in [-0.4, -0.2) is 31.7 Å². The second-order valence-electron chi connectivity index (χ2n) is 4.75. The third-order valence-corrected chi connectivity index (χ3v) is 4.60. The summed E-state index contributed by atoms with van der Waals surface area (Å²) in [6.45, 7) is 8.69. The van der Waals surface area contributed by atoms with Crippen molar-refractivity contribution in [1.82, 2.24) is 10.3 Å². The first-order valence-corrected chi connectivity index (χ1v) is 8.08. The molecule has 1 rings (SSSR count). The van der Waals surface area contributed by atoms with E-state index in [9.17, 15) is 8.42 Å². The van der Waals surface area contributed by atoms with Gasteiger partial charge in [0.05, 0.1) is 16.6 Å². The van der Waals surface area contributed by atoms with Crippen molar-refractivity contribution in [2.45, 2.75) is 39.4 Å². The second-order valence-corrected chi connectivity index (χ2v) is 6.85. The first kappa shape index (κ1) is 15.9. The number of nitrogens with zero attached hydrogens (tertiary/aromatic N) is 1. The largest absolute Gasteiger partial charge is 0.315 e. The summed E-state index contributed by atoms with van der Waals surface area (Å²) in [5, 5.41) is 2.63.